The zero-order valence-corrected chi connectivity index (χ0v) is 13.7. The van der Waals surface area contributed by atoms with Gasteiger partial charge in [0.1, 0.15) is 0 Å². The highest BCUT2D eigenvalue weighted by Gasteiger charge is 2.35. The van der Waals surface area contributed by atoms with E-state index < -0.39 is 0 Å². The predicted octanol–water partition coefficient (Wildman–Crippen LogP) is 1.07. The first-order valence-corrected chi connectivity index (χ1v) is 8.39. The lowest BCUT2D eigenvalue weighted by atomic mass is 10.0. The Balaban J connectivity index is 1.64. The molecule has 2 aliphatic heterocycles. The van der Waals surface area contributed by atoms with Crippen LogP contribution < -0.4 is 5.56 Å². The highest BCUT2D eigenvalue weighted by Crippen LogP contribution is 2.22. The van der Waals surface area contributed by atoms with Gasteiger partial charge < -0.3 is 9.30 Å². The predicted molar refractivity (Wildman–Crippen MR) is 87.0 cm³/mol. The van der Waals surface area contributed by atoms with Crippen LogP contribution in [0.15, 0.2) is 23.1 Å². The van der Waals surface area contributed by atoms with Crippen molar-refractivity contribution in [2.75, 3.05) is 32.8 Å². The Hall–Kier alpha value is -1.17. The van der Waals surface area contributed by atoms with Crippen molar-refractivity contribution in [2.24, 2.45) is 7.05 Å². The molecule has 2 fully saturated rings. The van der Waals surface area contributed by atoms with Crippen molar-refractivity contribution >= 4 is 0 Å². The summed E-state index contributed by atoms with van der Waals surface area (Å²) in [7, 11) is 1.81. The van der Waals surface area contributed by atoms with Gasteiger partial charge in [0.15, 0.2) is 0 Å². The molecular weight excluding hydrogens is 278 g/mol. The molecule has 0 bridgehead atoms. The SMILES string of the molecule is CCC[C@H]1COC[C@H]2CN(Cc3cccn(C)c3=O)CCN12. The highest BCUT2D eigenvalue weighted by molar-refractivity contribution is 5.10. The van der Waals surface area contributed by atoms with Crippen molar-refractivity contribution in [3.05, 3.63) is 34.2 Å². The van der Waals surface area contributed by atoms with Crippen molar-refractivity contribution in [1.82, 2.24) is 14.4 Å². The summed E-state index contributed by atoms with van der Waals surface area (Å²) >= 11 is 0. The molecule has 1 aromatic heterocycles. The third-order valence-electron chi connectivity index (χ3n) is 4.92. The Labute approximate surface area is 132 Å². The number of hydrogen-bond donors (Lipinski definition) is 0. The second-order valence-corrected chi connectivity index (χ2v) is 6.56. The lowest BCUT2D eigenvalue weighted by Crippen LogP contribution is -2.61. The molecule has 5 nitrogen and oxygen atoms in total. The van der Waals surface area contributed by atoms with Gasteiger partial charge in [-0.25, -0.2) is 0 Å². The monoisotopic (exact) mass is 305 g/mol. The van der Waals surface area contributed by atoms with Crippen LogP contribution in [0.25, 0.3) is 0 Å². The maximum atomic E-state index is 12.2. The average Bonchev–Trinajstić information content (AvgIpc) is 2.52. The summed E-state index contributed by atoms with van der Waals surface area (Å²) in [6.45, 7) is 7.81. The van der Waals surface area contributed by atoms with Gasteiger partial charge in [0.05, 0.1) is 13.2 Å². The number of nitrogens with zero attached hydrogens (tertiary/aromatic N) is 3. The van der Waals surface area contributed by atoms with Gasteiger partial charge in [-0.15, -0.1) is 0 Å². The van der Waals surface area contributed by atoms with E-state index in [2.05, 4.69) is 16.7 Å². The van der Waals surface area contributed by atoms with Gasteiger partial charge in [-0.1, -0.05) is 19.4 Å². The van der Waals surface area contributed by atoms with Crippen molar-refractivity contribution in [2.45, 2.75) is 38.4 Å². The molecule has 2 atom stereocenters. The fourth-order valence-electron chi connectivity index (χ4n) is 3.74. The van der Waals surface area contributed by atoms with Gasteiger partial charge in [0.25, 0.3) is 5.56 Å². The van der Waals surface area contributed by atoms with Gasteiger partial charge in [-0.05, 0) is 12.5 Å². The van der Waals surface area contributed by atoms with Crippen LogP contribution in [0.2, 0.25) is 0 Å². The normalized spacial score (nSPS) is 26.8. The maximum absolute atomic E-state index is 12.2. The first-order chi connectivity index (χ1) is 10.7. The molecule has 0 unspecified atom stereocenters. The number of pyridine rings is 1. The van der Waals surface area contributed by atoms with Gasteiger partial charge >= 0.3 is 0 Å². The largest absolute Gasteiger partial charge is 0.378 e. The molecule has 0 saturated carbocycles. The summed E-state index contributed by atoms with van der Waals surface area (Å²) in [5.74, 6) is 0. The summed E-state index contributed by atoms with van der Waals surface area (Å²) in [6, 6.07) is 4.96. The Morgan fingerprint density at radius 3 is 3.00 bits per heavy atom. The smallest absolute Gasteiger partial charge is 0.254 e. The van der Waals surface area contributed by atoms with Crippen LogP contribution >= 0.6 is 0 Å². The van der Waals surface area contributed by atoms with E-state index in [-0.39, 0.29) is 5.56 Å². The fourth-order valence-corrected chi connectivity index (χ4v) is 3.74. The Bertz CT molecular complexity index is 555. The van der Waals surface area contributed by atoms with Crippen LogP contribution in [0, 0.1) is 0 Å². The van der Waals surface area contributed by atoms with Crippen LogP contribution in [0.1, 0.15) is 25.3 Å². The molecule has 122 valence electrons. The van der Waals surface area contributed by atoms with Crippen LogP contribution in [0.5, 0.6) is 0 Å². The van der Waals surface area contributed by atoms with Crippen molar-refractivity contribution in [3.63, 3.8) is 0 Å². The Morgan fingerprint density at radius 2 is 2.18 bits per heavy atom. The van der Waals surface area contributed by atoms with Crippen molar-refractivity contribution in [3.8, 4) is 0 Å². The second kappa shape index (κ2) is 6.94. The molecule has 2 aliphatic rings. The molecule has 1 aromatic rings. The highest BCUT2D eigenvalue weighted by atomic mass is 16.5. The van der Waals surface area contributed by atoms with Crippen LogP contribution in [-0.2, 0) is 18.3 Å². The molecule has 0 spiro atoms. The maximum Gasteiger partial charge on any atom is 0.254 e. The van der Waals surface area contributed by atoms with E-state index in [0.717, 1.165) is 45.0 Å². The molecule has 2 saturated heterocycles. The molecular formula is C17H27N3O2. The molecule has 0 aromatic carbocycles. The number of piperazine rings is 1. The number of fused-ring (bicyclic) bond motifs is 1. The quantitative estimate of drug-likeness (QED) is 0.834. The molecule has 5 heteroatoms. The minimum atomic E-state index is 0.119. The second-order valence-electron chi connectivity index (χ2n) is 6.56. The summed E-state index contributed by atoms with van der Waals surface area (Å²) in [4.78, 5) is 17.2. The molecule has 0 radical (unpaired) electrons. The number of aromatic nitrogens is 1. The summed E-state index contributed by atoms with van der Waals surface area (Å²) in [6.07, 6.45) is 4.24. The van der Waals surface area contributed by atoms with Gasteiger partial charge in [0.2, 0.25) is 0 Å². The van der Waals surface area contributed by atoms with Crippen LogP contribution in [-0.4, -0.2) is 59.3 Å². The lowest BCUT2D eigenvalue weighted by molar-refractivity contribution is -0.0841. The Kier molecular flexibility index (Phi) is 4.96. The van der Waals surface area contributed by atoms with E-state index in [1.165, 1.54) is 12.8 Å². The topological polar surface area (TPSA) is 37.7 Å². The lowest BCUT2D eigenvalue weighted by Gasteiger charge is -2.48. The summed E-state index contributed by atoms with van der Waals surface area (Å²) in [5.41, 5.74) is 1.01. The zero-order valence-electron chi connectivity index (χ0n) is 13.7. The van der Waals surface area contributed by atoms with E-state index in [0.29, 0.717) is 12.1 Å². The number of rotatable bonds is 4. The minimum absolute atomic E-state index is 0.119. The standard InChI is InChI=1S/C17H27N3O2/c1-3-5-15-12-22-13-16-11-19(8-9-20(15)16)10-14-6-4-7-18(2)17(14)21/h4,6-7,15-16H,3,5,8-13H2,1-2H3/t15-,16+/m0/s1. The number of hydrogen-bond acceptors (Lipinski definition) is 4. The average molecular weight is 305 g/mol. The first kappa shape index (κ1) is 15.7. The third-order valence-corrected chi connectivity index (χ3v) is 4.92. The number of morpholine rings is 1. The molecule has 0 aliphatic carbocycles. The number of ether oxygens (including phenoxy) is 1. The van der Waals surface area contributed by atoms with Crippen molar-refractivity contribution in [1.29, 1.82) is 0 Å². The number of aryl methyl sites for hydroxylation is 1. The van der Waals surface area contributed by atoms with Gasteiger partial charge in [-0.2, -0.15) is 0 Å². The Morgan fingerprint density at radius 1 is 1.32 bits per heavy atom. The molecule has 0 N–H and O–H groups in total. The van der Waals surface area contributed by atoms with E-state index in [1.807, 2.05) is 25.4 Å². The first-order valence-electron chi connectivity index (χ1n) is 8.39. The van der Waals surface area contributed by atoms with E-state index in [4.69, 9.17) is 4.74 Å². The molecule has 0 amide bonds. The molecule has 22 heavy (non-hydrogen) atoms. The third kappa shape index (κ3) is 3.26. The zero-order chi connectivity index (χ0) is 15.5. The van der Waals surface area contributed by atoms with Gasteiger partial charge in [0, 0.05) is 57.1 Å². The van der Waals surface area contributed by atoms with E-state index in [9.17, 15) is 4.79 Å². The fraction of sp³-hybridized carbons (Fsp3) is 0.706. The van der Waals surface area contributed by atoms with Crippen molar-refractivity contribution < 1.29 is 4.74 Å². The van der Waals surface area contributed by atoms with Crippen LogP contribution in [0.3, 0.4) is 0 Å². The van der Waals surface area contributed by atoms with E-state index in [1.54, 1.807) is 4.57 Å². The minimum Gasteiger partial charge on any atom is -0.378 e. The van der Waals surface area contributed by atoms with Gasteiger partial charge in [-0.3, -0.25) is 14.6 Å². The molecule has 3 rings (SSSR count). The molecule has 3 heterocycles. The summed E-state index contributed by atoms with van der Waals surface area (Å²) < 4.78 is 7.47. The van der Waals surface area contributed by atoms with Crippen LogP contribution in [0.4, 0.5) is 0 Å². The van der Waals surface area contributed by atoms with E-state index >= 15 is 0 Å². The summed E-state index contributed by atoms with van der Waals surface area (Å²) in [5, 5.41) is 0.